The highest BCUT2D eigenvalue weighted by atomic mass is 19.1. The van der Waals surface area contributed by atoms with Crippen molar-refractivity contribution in [2.45, 2.75) is 19.9 Å². The number of aliphatic carboxylic acids is 1. The summed E-state index contributed by atoms with van der Waals surface area (Å²) in [7, 11) is 0. The molecule has 0 radical (unpaired) electrons. The third-order valence-corrected chi connectivity index (χ3v) is 3.51. The lowest BCUT2D eigenvalue weighted by Gasteiger charge is -2.14. The summed E-state index contributed by atoms with van der Waals surface area (Å²) in [4.78, 5) is 23.0. The first-order valence-corrected chi connectivity index (χ1v) is 7.03. The summed E-state index contributed by atoms with van der Waals surface area (Å²) in [6.45, 7) is 2.78. The fourth-order valence-electron chi connectivity index (χ4n) is 2.17. The maximum atomic E-state index is 13.9. The number of aromatic hydroxyl groups is 1. The topological polar surface area (TPSA) is 86.6 Å². The van der Waals surface area contributed by atoms with Crippen molar-refractivity contribution in [3.63, 3.8) is 0 Å². The molecule has 0 bridgehead atoms. The number of phenolic OH excluding ortho intramolecular Hbond substituents is 1. The van der Waals surface area contributed by atoms with Crippen molar-refractivity contribution in [2.24, 2.45) is 0 Å². The largest absolute Gasteiger partial charge is 0.507 e. The molecule has 0 fully saturated rings. The summed E-state index contributed by atoms with van der Waals surface area (Å²) >= 11 is 0. The molecule has 126 valence electrons. The molecule has 0 aromatic heterocycles. The quantitative estimate of drug-likeness (QED) is 0.802. The van der Waals surface area contributed by atoms with Gasteiger partial charge in [-0.2, -0.15) is 0 Å². The van der Waals surface area contributed by atoms with Gasteiger partial charge in [0.1, 0.15) is 23.4 Å². The van der Waals surface area contributed by atoms with E-state index in [1.54, 1.807) is 0 Å². The molecule has 5 nitrogen and oxygen atoms in total. The predicted octanol–water partition coefficient (Wildman–Crippen LogP) is 2.85. The monoisotopic (exact) mass is 335 g/mol. The lowest BCUT2D eigenvalue weighted by atomic mass is 9.98. The van der Waals surface area contributed by atoms with Crippen LogP contribution in [0.5, 0.6) is 5.75 Å². The molecule has 3 N–H and O–H groups in total. The molecule has 24 heavy (non-hydrogen) atoms. The zero-order valence-corrected chi connectivity index (χ0v) is 12.9. The number of phenols is 1. The van der Waals surface area contributed by atoms with Gasteiger partial charge < -0.3 is 15.5 Å². The first kappa shape index (κ1) is 17.4. The average Bonchev–Trinajstić information content (AvgIpc) is 2.49. The SMILES string of the molecule is Cc1cc(-c2ccc(F)cc2F)cc(C(=O)NC(C)C(=O)O)c1O. The number of carboxylic acids is 1. The van der Waals surface area contributed by atoms with Crippen LogP contribution >= 0.6 is 0 Å². The number of carboxylic acid groups (broad SMARTS) is 1. The molecule has 7 heteroatoms. The number of amides is 1. The highest BCUT2D eigenvalue weighted by Crippen LogP contribution is 2.31. The van der Waals surface area contributed by atoms with E-state index in [0.29, 0.717) is 11.6 Å². The highest BCUT2D eigenvalue weighted by Gasteiger charge is 2.20. The molecule has 0 aliphatic heterocycles. The van der Waals surface area contributed by atoms with Crippen molar-refractivity contribution >= 4 is 11.9 Å². The van der Waals surface area contributed by atoms with Gasteiger partial charge in [-0.15, -0.1) is 0 Å². The number of hydrogen-bond donors (Lipinski definition) is 3. The van der Waals surface area contributed by atoms with Gasteiger partial charge in [0, 0.05) is 11.6 Å². The molecule has 0 aliphatic rings. The Labute approximate surface area is 136 Å². The van der Waals surface area contributed by atoms with E-state index in [0.717, 1.165) is 6.07 Å². The highest BCUT2D eigenvalue weighted by molar-refractivity contribution is 6.00. The van der Waals surface area contributed by atoms with Crippen LogP contribution in [-0.4, -0.2) is 28.1 Å². The Bertz CT molecular complexity index is 820. The predicted molar refractivity (Wildman–Crippen MR) is 82.8 cm³/mol. The molecule has 2 rings (SSSR count). The number of hydrogen-bond acceptors (Lipinski definition) is 3. The van der Waals surface area contributed by atoms with E-state index >= 15 is 0 Å². The van der Waals surface area contributed by atoms with E-state index < -0.39 is 29.6 Å². The van der Waals surface area contributed by atoms with E-state index in [-0.39, 0.29) is 22.4 Å². The number of halogens is 2. The minimum atomic E-state index is -1.24. The van der Waals surface area contributed by atoms with Crippen LogP contribution in [0.25, 0.3) is 11.1 Å². The lowest BCUT2D eigenvalue weighted by molar-refractivity contribution is -0.138. The Balaban J connectivity index is 2.48. The zero-order valence-electron chi connectivity index (χ0n) is 12.9. The number of carbonyl (C=O) groups is 2. The number of carbonyl (C=O) groups excluding carboxylic acids is 1. The molecule has 0 saturated carbocycles. The van der Waals surface area contributed by atoms with Crippen molar-refractivity contribution in [3.8, 4) is 16.9 Å². The van der Waals surface area contributed by atoms with Crippen LogP contribution in [0.4, 0.5) is 8.78 Å². The number of nitrogens with one attached hydrogen (secondary N) is 1. The van der Waals surface area contributed by atoms with Gasteiger partial charge in [-0.25, -0.2) is 8.78 Å². The molecule has 1 amide bonds. The summed E-state index contributed by atoms with van der Waals surface area (Å²) < 4.78 is 27.0. The third kappa shape index (κ3) is 3.51. The maximum Gasteiger partial charge on any atom is 0.325 e. The molecule has 2 aromatic rings. The van der Waals surface area contributed by atoms with E-state index in [1.165, 1.54) is 32.0 Å². The molecule has 0 heterocycles. The van der Waals surface area contributed by atoms with Gasteiger partial charge in [0.05, 0.1) is 5.56 Å². The van der Waals surface area contributed by atoms with Crippen LogP contribution in [0, 0.1) is 18.6 Å². The minimum Gasteiger partial charge on any atom is -0.507 e. The second kappa shape index (κ2) is 6.66. The number of aryl methyl sites for hydroxylation is 1. The molecular weight excluding hydrogens is 320 g/mol. The minimum absolute atomic E-state index is 0.0554. The fraction of sp³-hybridized carbons (Fsp3) is 0.176. The van der Waals surface area contributed by atoms with E-state index in [1.807, 2.05) is 0 Å². The molecule has 2 aromatic carbocycles. The summed E-state index contributed by atoms with van der Waals surface area (Å²) in [5.74, 6) is -3.93. The second-order valence-electron chi connectivity index (χ2n) is 5.35. The third-order valence-electron chi connectivity index (χ3n) is 3.51. The first-order chi connectivity index (χ1) is 11.2. The maximum absolute atomic E-state index is 13.9. The van der Waals surface area contributed by atoms with Gasteiger partial charge in [0.2, 0.25) is 0 Å². The van der Waals surface area contributed by atoms with Gasteiger partial charge in [-0.1, -0.05) is 0 Å². The zero-order chi connectivity index (χ0) is 18.0. The van der Waals surface area contributed by atoms with Crippen molar-refractivity contribution in [1.29, 1.82) is 0 Å². The van der Waals surface area contributed by atoms with Gasteiger partial charge >= 0.3 is 5.97 Å². The smallest absolute Gasteiger partial charge is 0.325 e. The standard InChI is InChI=1S/C17H15F2NO4/c1-8-5-10(12-4-3-11(18)7-14(12)19)6-13(15(8)21)16(22)20-9(2)17(23)24/h3-7,9,21H,1-2H3,(H,20,22)(H,23,24). The van der Waals surface area contributed by atoms with Crippen LogP contribution in [0.1, 0.15) is 22.8 Å². The van der Waals surface area contributed by atoms with Gasteiger partial charge in [-0.05, 0) is 49.2 Å². The normalized spacial score (nSPS) is 11.8. The van der Waals surface area contributed by atoms with Crippen molar-refractivity contribution in [1.82, 2.24) is 5.32 Å². The Morgan fingerprint density at radius 3 is 2.42 bits per heavy atom. The molecule has 0 spiro atoms. The molecule has 0 saturated heterocycles. The van der Waals surface area contributed by atoms with Crippen LogP contribution in [-0.2, 0) is 4.79 Å². The lowest BCUT2D eigenvalue weighted by Crippen LogP contribution is -2.38. The van der Waals surface area contributed by atoms with Crippen molar-refractivity contribution in [2.75, 3.05) is 0 Å². The molecule has 1 unspecified atom stereocenters. The van der Waals surface area contributed by atoms with Crippen LogP contribution in [0.2, 0.25) is 0 Å². The molecule has 0 aliphatic carbocycles. The van der Waals surface area contributed by atoms with Crippen molar-refractivity contribution < 1.29 is 28.6 Å². The number of benzene rings is 2. The van der Waals surface area contributed by atoms with Crippen LogP contribution in [0.15, 0.2) is 30.3 Å². The Morgan fingerprint density at radius 1 is 1.17 bits per heavy atom. The van der Waals surface area contributed by atoms with E-state index in [9.17, 15) is 23.5 Å². The fourth-order valence-corrected chi connectivity index (χ4v) is 2.17. The van der Waals surface area contributed by atoms with Gasteiger partial charge in [0.25, 0.3) is 5.91 Å². The summed E-state index contributed by atoms with van der Waals surface area (Å²) in [5, 5.41) is 21.1. The van der Waals surface area contributed by atoms with E-state index in [4.69, 9.17) is 5.11 Å². The van der Waals surface area contributed by atoms with E-state index in [2.05, 4.69) is 5.32 Å². The first-order valence-electron chi connectivity index (χ1n) is 7.03. The van der Waals surface area contributed by atoms with Gasteiger partial charge in [-0.3, -0.25) is 9.59 Å². The summed E-state index contributed by atoms with van der Waals surface area (Å²) in [6.07, 6.45) is 0. The summed E-state index contributed by atoms with van der Waals surface area (Å²) in [5.41, 5.74) is 0.418. The summed E-state index contributed by atoms with van der Waals surface area (Å²) in [6, 6.07) is 4.52. The Hall–Kier alpha value is -2.96. The number of rotatable bonds is 4. The van der Waals surface area contributed by atoms with Gasteiger partial charge in [0.15, 0.2) is 0 Å². The Morgan fingerprint density at radius 2 is 1.83 bits per heavy atom. The van der Waals surface area contributed by atoms with Crippen LogP contribution in [0.3, 0.4) is 0 Å². The Kier molecular flexibility index (Phi) is 4.82. The molecular formula is C17H15F2NO4. The van der Waals surface area contributed by atoms with Crippen molar-refractivity contribution in [3.05, 3.63) is 53.1 Å². The van der Waals surface area contributed by atoms with Crippen LogP contribution < -0.4 is 5.32 Å². The average molecular weight is 335 g/mol. The molecule has 1 atom stereocenters. The second-order valence-corrected chi connectivity index (χ2v) is 5.35.